The van der Waals surface area contributed by atoms with Crippen LogP contribution in [0.5, 0.6) is 0 Å². The molecular formula is C17H22FNO2S. The van der Waals surface area contributed by atoms with Crippen LogP contribution in [0.2, 0.25) is 0 Å². The summed E-state index contributed by atoms with van der Waals surface area (Å²) in [7, 11) is 0. The Bertz CT molecular complexity index is 539. The van der Waals surface area contributed by atoms with Crippen molar-refractivity contribution in [3.05, 3.63) is 29.6 Å². The molecule has 0 aromatic heterocycles. The fraction of sp³-hybridized carbons (Fsp3) is 0.529. The molecule has 1 amide bonds. The van der Waals surface area contributed by atoms with Crippen LogP contribution in [0.4, 0.5) is 4.39 Å². The van der Waals surface area contributed by atoms with Crippen LogP contribution in [0.15, 0.2) is 23.1 Å². The Morgan fingerprint density at radius 3 is 2.50 bits per heavy atom. The van der Waals surface area contributed by atoms with Crippen molar-refractivity contribution in [2.75, 3.05) is 5.75 Å². The van der Waals surface area contributed by atoms with Crippen molar-refractivity contribution in [1.82, 2.24) is 5.32 Å². The van der Waals surface area contributed by atoms with Gasteiger partial charge in [-0.25, -0.2) is 4.39 Å². The van der Waals surface area contributed by atoms with Crippen LogP contribution in [0, 0.1) is 5.82 Å². The first-order valence-corrected chi connectivity index (χ1v) is 8.77. The highest BCUT2D eigenvalue weighted by Crippen LogP contribution is 2.23. The minimum absolute atomic E-state index is 0.0491. The van der Waals surface area contributed by atoms with Crippen LogP contribution in [0.3, 0.4) is 0 Å². The lowest BCUT2D eigenvalue weighted by atomic mass is 10.1. The summed E-state index contributed by atoms with van der Waals surface area (Å²) in [6.07, 6.45) is 6.90. The van der Waals surface area contributed by atoms with E-state index in [-0.39, 0.29) is 23.5 Å². The van der Waals surface area contributed by atoms with Crippen LogP contribution in [0.1, 0.15) is 55.8 Å². The van der Waals surface area contributed by atoms with Crippen molar-refractivity contribution in [3.63, 3.8) is 0 Å². The van der Waals surface area contributed by atoms with Gasteiger partial charge in [0.2, 0.25) is 5.91 Å². The Labute approximate surface area is 135 Å². The Hall–Kier alpha value is -1.36. The van der Waals surface area contributed by atoms with Gasteiger partial charge in [-0.05, 0) is 31.9 Å². The summed E-state index contributed by atoms with van der Waals surface area (Å²) in [5, 5.41) is 3.04. The smallest absolute Gasteiger partial charge is 0.230 e. The second kappa shape index (κ2) is 8.32. The molecule has 3 nitrogen and oxygen atoms in total. The molecule has 1 aromatic carbocycles. The number of ketones is 1. The number of carbonyl (C=O) groups excluding carboxylic acids is 2. The molecule has 0 aliphatic heterocycles. The van der Waals surface area contributed by atoms with Crippen LogP contribution >= 0.6 is 11.8 Å². The summed E-state index contributed by atoms with van der Waals surface area (Å²) in [5.74, 6) is -0.458. The predicted octanol–water partition coefficient (Wildman–Crippen LogP) is 3.96. The van der Waals surface area contributed by atoms with E-state index in [4.69, 9.17) is 0 Å². The van der Waals surface area contributed by atoms with Gasteiger partial charge in [-0.15, -0.1) is 11.8 Å². The summed E-state index contributed by atoms with van der Waals surface area (Å²) in [5.41, 5.74) is 0.352. The van der Waals surface area contributed by atoms with Crippen LogP contribution < -0.4 is 5.32 Å². The van der Waals surface area contributed by atoms with E-state index in [2.05, 4.69) is 5.32 Å². The Kier molecular flexibility index (Phi) is 6.43. The van der Waals surface area contributed by atoms with Crippen molar-refractivity contribution in [2.45, 2.75) is 56.4 Å². The van der Waals surface area contributed by atoms with E-state index in [0.717, 1.165) is 12.8 Å². The number of nitrogens with one attached hydrogen (secondary N) is 1. The molecular weight excluding hydrogens is 301 g/mol. The van der Waals surface area contributed by atoms with E-state index < -0.39 is 5.82 Å². The predicted molar refractivity (Wildman–Crippen MR) is 86.8 cm³/mol. The Balaban J connectivity index is 1.84. The number of carbonyl (C=O) groups is 2. The first-order chi connectivity index (χ1) is 10.6. The molecule has 5 heteroatoms. The number of thioether (sulfide) groups is 1. The third-order valence-corrected chi connectivity index (χ3v) is 4.97. The van der Waals surface area contributed by atoms with Gasteiger partial charge in [0.15, 0.2) is 5.78 Å². The highest BCUT2D eigenvalue weighted by Gasteiger charge is 2.15. The second-order valence-electron chi connectivity index (χ2n) is 5.75. The molecule has 1 fully saturated rings. The van der Waals surface area contributed by atoms with Crippen molar-refractivity contribution in [3.8, 4) is 0 Å². The van der Waals surface area contributed by atoms with Gasteiger partial charge < -0.3 is 5.32 Å². The normalized spacial score (nSPS) is 16.1. The van der Waals surface area contributed by atoms with Gasteiger partial charge in [0, 0.05) is 16.5 Å². The molecule has 1 N–H and O–H groups in total. The summed E-state index contributed by atoms with van der Waals surface area (Å²) in [6.45, 7) is 1.40. The van der Waals surface area contributed by atoms with Gasteiger partial charge in [-0.3, -0.25) is 9.59 Å². The highest BCUT2D eigenvalue weighted by atomic mass is 32.2. The molecule has 1 aliphatic carbocycles. The van der Waals surface area contributed by atoms with Crippen molar-refractivity contribution in [1.29, 1.82) is 0 Å². The number of hydrogen-bond acceptors (Lipinski definition) is 3. The quantitative estimate of drug-likeness (QED) is 0.507. The molecule has 0 heterocycles. The van der Waals surface area contributed by atoms with Gasteiger partial charge >= 0.3 is 0 Å². The van der Waals surface area contributed by atoms with Gasteiger partial charge in [-0.2, -0.15) is 0 Å². The molecule has 1 saturated carbocycles. The lowest BCUT2D eigenvalue weighted by Gasteiger charge is -2.16. The number of benzene rings is 1. The first kappa shape index (κ1) is 17.0. The van der Waals surface area contributed by atoms with Crippen LogP contribution in [-0.2, 0) is 4.79 Å². The summed E-state index contributed by atoms with van der Waals surface area (Å²) in [6, 6.07) is 4.65. The summed E-state index contributed by atoms with van der Waals surface area (Å²) < 4.78 is 13.9. The van der Waals surface area contributed by atoms with Crippen LogP contribution in [0.25, 0.3) is 0 Å². The maximum atomic E-state index is 13.9. The van der Waals surface area contributed by atoms with E-state index in [1.165, 1.54) is 50.4 Å². The van der Waals surface area contributed by atoms with Crippen LogP contribution in [-0.4, -0.2) is 23.5 Å². The third-order valence-electron chi connectivity index (χ3n) is 3.92. The number of Topliss-reactive ketones (excluding diaryl/α,β-unsaturated/α-hetero) is 1. The monoisotopic (exact) mass is 323 g/mol. The number of halogens is 1. The van der Waals surface area contributed by atoms with Crippen molar-refractivity contribution >= 4 is 23.5 Å². The second-order valence-corrected chi connectivity index (χ2v) is 6.76. The topological polar surface area (TPSA) is 46.2 Å². The average Bonchev–Trinajstić information content (AvgIpc) is 2.74. The summed E-state index contributed by atoms with van der Waals surface area (Å²) >= 11 is 1.17. The minimum atomic E-state index is -0.444. The van der Waals surface area contributed by atoms with Gasteiger partial charge in [0.1, 0.15) is 5.82 Å². The molecule has 1 aliphatic rings. The number of hydrogen-bond donors (Lipinski definition) is 1. The standard InChI is InChI=1S/C17H22FNO2S/c1-12(20)13-8-9-16(15(18)10-13)22-11-17(21)19-14-6-4-2-3-5-7-14/h8-10,14H,2-7,11H2,1H3,(H,19,21). The SMILES string of the molecule is CC(=O)c1ccc(SCC(=O)NC2CCCCCC2)c(F)c1. The van der Waals surface area contributed by atoms with Gasteiger partial charge in [0.25, 0.3) is 0 Å². The van der Waals surface area contributed by atoms with Gasteiger partial charge in [0.05, 0.1) is 5.75 Å². The zero-order valence-electron chi connectivity index (χ0n) is 12.9. The molecule has 0 atom stereocenters. The van der Waals surface area contributed by atoms with E-state index in [9.17, 15) is 14.0 Å². The molecule has 2 rings (SSSR count). The lowest BCUT2D eigenvalue weighted by molar-refractivity contribution is -0.119. The van der Waals surface area contributed by atoms with E-state index >= 15 is 0 Å². The average molecular weight is 323 g/mol. The van der Waals surface area contributed by atoms with Crippen molar-refractivity contribution in [2.24, 2.45) is 0 Å². The van der Waals surface area contributed by atoms with Crippen molar-refractivity contribution < 1.29 is 14.0 Å². The molecule has 1 aromatic rings. The Morgan fingerprint density at radius 2 is 1.91 bits per heavy atom. The fourth-order valence-corrected chi connectivity index (χ4v) is 3.40. The molecule has 0 saturated heterocycles. The molecule has 0 unspecified atom stereocenters. The third kappa shape index (κ3) is 5.13. The minimum Gasteiger partial charge on any atom is -0.353 e. The van der Waals surface area contributed by atoms with E-state index in [1.807, 2.05) is 0 Å². The molecule has 0 spiro atoms. The van der Waals surface area contributed by atoms with E-state index in [0.29, 0.717) is 10.5 Å². The Morgan fingerprint density at radius 1 is 1.23 bits per heavy atom. The summed E-state index contributed by atoms with van der Waals surface area (Å²) in [4.78, 5) is 23.6. The zero-order valence-corrected chi connectivity index (χ0v) is 13.7. The van der Waals surface area contributed by atoms with E-state index in [1.54, 1.807) is 12.1 Å². The fourth-order valence-electron chi connectivity index (χ4n) is 2.67. The maximum Gasteiger partial charge on any atom is 0.230 e. The highest BCUT2D eigenvalue weighted by molar-refractivity contribution is 8.00. The number of rotatable bonds is 5. The maximum absolute atomic E-state index is 13.9. The van der Waals surface area contributed by atoms with Gasteiger partial charge in [-0.1, -0.05) is 31.7 Å². The molecule has 0 bridgehead atoms. The molecule has 0 radical (unpaired) electrons. The lowest BCUT2D eigenvalue weighted by Crippen LogP contribution is -2.35. The molecule has 120 valence electrons. The molecule has 22 heavy (non-hydrogen) atoms. The zero-order chi connectivity index (χ0) is 15.9. The number of amides is 1. The first-order valence-electron chi connectivity index (χ1n) is 7.79. The largest absolute Gasteiger partial charge is 0.353 e.